The molecule has 6 heteroatoms. The zero-order valence-corrected chi connectivity index (χ0v) is 10.4. The second-order valence-electron chi connectivity index (χ2n) is 3.76. The molecule has 0 aliphatic carbocycles. The van der Waals surface area contributed by atoms with Gasteiger partial charge in [0.25, 0.3) is 0 Å². The van der Waals surface area contributed by atoms with E-state index >= 15 is 0 Å². The molecule has 1 aromatic rings. The molecule has 0 N–H and O–H groups in total. The maximum absolute atomic E-state index is 11.4. The number of hydrogen-bond acceptors (Lipinski definition) is 4. The Morgan fingerprint density at radius 1 is 1.35 bits per heavy atom. The van der Waals surface area contributed by atoms with Crippen molar-refractivity contribution in [2.75, 3.05) is 0 Å². The molecule has 0 atom stereocenters. The molecule has 1 heterocycles. The van der Waals surface area contributed by atoms with Gasteiger partial charge in [-0.2, -0.15) is 5.10 Å². The molecule has 0 fully saturated rings. The van der Waals surface area contributed by atoms with Crippen LogP contribution >= 0.6 is 0 Å². The van der Waals surface area contributed by atoms with Crippen LogP contribution in [0, 0.1) is 10.1 Å². The summed E-state index contributed by atoms with van der Waals surface area (Å²) in [4.78, 5) is 22.0. The Bertz CT molecular complexity index is 437. The Balaban J connectivity index is 3.22. The molecule has 0 saturated carbocycles. The molecule has 0 amide bonds. The minimum atomic E-state index is -0.405. The molecule has 94 valence electrons. The number of aryl methyl sites for hydroxylation is 1. The van der Waals surface area contributed by atoms with Gasteiger partial charge in [-0.05, 0) is 12.8 Å². The highest BCUT2D eigenvalue weighted by molar-refractivity contribution is 5.77. The average molecular weight is 239 g/mol. The molecule has 0 radical (unpaired) electrons. The van der Waals surface area contributed by atoms with Gasteiger partial charge in [0.15, 0.2) is 5.78 Å². The first-order chi connectivity index (χ1) is 8.04. The topological polar surface area (TPSA) is 78.0 Å². The van der Waals surface area contributed by atoms with Crippen LogP contribution in [0.3, 0.4) is 0 Å². The fraction of sp³-hybridized carbons (Fsp3) is 0.636. The van der Waals surface area contributed by atoms with E-state index in [0.717, 1.165) is 0 Å². The third kappa shape index (κ3) is 2.69. The van der Waals surface area contributed by atoms with Crippen LogP contribution in [-0.2, 0) is 24.2 Å². The normalized spacial score (nSPS) is 10.5. The van der Waals surface area contributed by atoms with Crippen molar-refractivity contribution in [1.29, 1.82) is 0 Å². The molecule has 0 spiro atoms. The standard InChI is InChI=1S/C11H17N3O3/c1-4-8(15)7-13-10(6-3)11(14(16)17)9(5-2)12-13/h4-7H2,1-3H3. The maximum Gasteiger partial charge on any atom is 0.313 e. The molecule has 0 saturated heterocycles. The average Bonchev–Trinajstić information content (AvgIpc) is 2.66. The van der Waals surface area contributed by atoms with Crippen molar-refractivity contribution in [2.24, 2.45) is 0 Å². The molecule has 1 aromatic heterocycles. The number of nitro groups is 1. The van der Waals surface area contributed by atoms with Crippen LogP contribution in [0.15, 0.2) is 0 Å². The highest BCUT2D eigenvalue weighted by Crippen LogP contribution is 2.24. The Labute approximate surface area is 99.8 Å². The predicted octanol–water partition coefficient (Wildman–Crippen LogP) is 1.90. The van der Waals surface area contributed by atoms with Crippen molar-refractivity contribution in [3.05, 3.63) is 21.5 Å². The zero-order chi connectivity index (χ0) is 13.0. The summed E-state index contributed by atoms with van der Waals surface area (Å²) in [5.74, 6) is 0.0275. The lowest BCUT2D eigenvalue weighted by Crippen LogP contribution is -2.13. The van der Waals surface area contributed by atoms with E-state index in [1.807, 2.05) is 13.8 Å². The lowest BCUT2D eigenvalue weighted by atomic mass is 10.2. The van der Waals surface area contributed by atoms with Gasteiger partial charge in [0.2, 0.25) is 0 Å². The van der Waals surface area contributed by atoms with Crippen molar-refractivity contribution >= 4 is 11.5 Å². The van der Waals surface area contributed by atoms with E-state index in [0.29, 0.717) is 30.7 Å². The molecule has 6 nitrogen and oxygen atoms in total. The van der Waals surface area contributed by atoms with E-state index in [-0.39, 0.29) is 18.0 Å². The van der Waals surface area contributed by atoms with E-state index in [1.165, 1.54) is 4.68 Å². The maximum atomic E-state index is 11.4. The SMILES string of the molecule is CCC(=O)Cn1nc(CC)c([N+](=O)[O-])c1CC. The highest BCUT2D eigenvalue weighted by Gasteiger charge is 2.25. The summed E-state index contributed by atoms with van der Waals surface area (Å²) in [6.45, 7) is 5.55. The van der Waals surface area contributed by atoms with Crippen LogP contribution < -0.4 is 0 Å². The van der Waals surface area contributed by atoms with Crippen LogP contribution in [0.2, 0.25) is 0 Å². The zero-order valence-electron chi connectivity index (χ0n) is 10.4. The van der Waals surface area contributed by atoms with Gasteiger partial charge in [-0.15, -0.1) is 0 Å². The fourth-order valence-corrected chi connectivity index (χ4v) is 1.75. The number of nitrogens with zero attached hydrogens (tertiary/aromatic N) is 3. The number of Topliss-reactive ketones (excluding diaryl/α,β-unsaturated/α-hetero) is 1. The minimum Gasteiger partial charge on any atom is -0.298 e. The highest BCUT2D eigenvalue weighted by atomic mass is 16.6. The molecular formula is C11H17N3O3. The first kappa shape index (κ1) is 13.3. The Morgan fingerprint density at radius 3 is 2.41 bits per heavy atom. The van der Waals surface area contributed by atoms with Crippen molar-refractivity contribution in [3.8, 4) is 0 Å². The van der Waals surface area contributed by atoms with Crippen molar-refractivity contribution in [2.45, 2.75) is 46.6 Å². The summed E-state index contributed by atoms with van der Waals surface area (Å²) >= 11 is 0. The largest absolute Gasteiger partial charge is 0.313 e. The number of rotatable bonds is 6. The molecule has 0 aliphatic heterocycles. The monoisotopic (exact) mass is 239 g/mol. The van der Waals surface area contributed by atoms with Gasteiger partial charge < -0.3 is 0 Å². The molecule has 0 unspecified atom stereocenters. The number of aromatic nitrogens is 2. The molecule has 0 aliphatic rings. The third-order valence-electron chi connectivity index (χ3n) is 2.67. The summed E-state index contributed by atoms with van der Waals surface area (Å²) in [6, 6.07) is 0. The first-order valence-corrected chi connectivity index (χ1v) is 5.79. The van der Waals surface area contributed by atoms with Crippen LogP contribution in [0.25, 0.3) is 0 Å². The van der Waals surface area contributed by atoms with Crippen LogP contribution in [0.1, 0.15) is 38.6 Å². The van der Waals surface area contributed by atoms with Gasteiger partial charge in [-0.3, -0.25) is 19.6 Å². The van der Waals surface area contributed by atoms with Gasteiger partial charge in [-0.25, -0.2) is 0 Å². The second kappa shape index (κ2) is 5.56. The van der Waals surface area contributed by atoms with E-state index in [1.54, 1.807) is 6.92 Å². The Morgan fingerprint density at radius 2 is 2.00 bits per heavy atom. The third-order valence-corrected chi connectivity index (χ3v) is 2.67. The van der Waals surface area contributed by atoms with Gasteiger partial charge in [-0.1, -0.05) is 20.8 Å². The van der Waals surface area contributed by atoms with Crippen LogP contribution in [-0.4, -0.2) is 20.5 Å². The minimum absolute atomic E-state index is 0.0275. The fourth-order valence-electron chi connectivity index (χ4n) is 1.75. The summed E-state index contributed by atoms with van der Waals surface area (Å²) < 4.78 is 1.48. The lowest BCUT2D eigenvalue weighted by molar-refractivity contribution is -0.386. The molecule has 17 heavy (non-hydrogen) atoms. The molecule has 1 rings (SSSR count). The van der Waals surface area contributed by atoms with Gasteiger partial charge >= 0.3 is 5.69 Å². The quantitative estimate of drug-likeness (QED) is 0.561. The Hall–Kier alpha value is -1.72. The van der Waals surface area contributed by atoms with Gasteiger partial charge in [0, 0.05) is 6.42 Å². The number of ketones is 1. The summed E-state index contributed by atoms with van der Waals surface area (Å²) in [5, 5.41) is 15.2. The lowest BCUT2D eigenvalue weighted by Gasteiger charge is -2.02. The number of carbonyl (C=O) groups excluding carboxylic acids is 1. The summed E-state index contributed by atoms with van der Waals surface area (Å²) in [7, 11) is 0. The van der Waals surface area contributed by atoms with Crippen molar-refractivity contribution in [1.82, 2.24) is 9.78 Å². The number of carbonyl (C=O) groups is 1. The van der Waals surface area contributed by atoms with Crippen LogP contribution in [0.5, 0.6) is 0 Å². The van der Waals surface area contributed by atoms with Gasteiger partial charge in [0.1, 0.15) is 17.9 Å². The number of hydrogen-bond donors (Lipinski definition) is 0. The summed E-state index contributed by atoms with van der Waals surface area (Å²) in [6.07, 6.45) is 1.41. The molecule has 0 aromatic carbocycles. The van der Waals surface area contributed by atoms with Gasteiger partial charge in [0.05, 0.1) is 4.92 Å². The molecular weight excluding hydrogens is 222 g/mol. The van der Waals surface area contributed by atoms with E-state index in [4.69, 9.17) is 0 Å². The van der Waals surface area contributed by atoms with Crippen LogP contribution in [0.4, 0.5) is 5.69 Å². The molecule has 0 bridgehead atoms. The van der Waals surface area contributed by atoms with E-state index < -0.39 is 4.92 Å². The summed E-state index contributed by atoms with van der Waals surface area (Å²) in [5.41, 5.74) is 1.06. The Kier molecular flexibility index (Phi) is 4.37. The predicted molar refractivity (Wildman–Crippen MR) is 62.9 cm³/mol. The van der Waals surface area contributed by atoms with Crippen molar-refractivity contribution < 1.29 is 9.72 Å². The smallest absolute Gasteiger partial charge is 0.298 e. The van der Waals surface area contributed by atoms with E-state index in [2.05, 4.69) is 5.10 Å². The second-order valence-corrected chi connectivity index (χ2v) is 3.76. The van der Waals surface area contributed by atoms with Crippen molar-refractivity contribution in [3.63, 3.8) is 0 Å². The first-order valence-electron chi connectivity index (χ1n) is 5.79. The van der Waals surface area contributed by atoms with E-state index in [9.17, 15) is 14.9 Å².